The molecule has 0 amide bonds. The summed E-state index contributed by atoms with van der Waals surface area (Å²) in [6, 6.07) is 14.0. The normalized spacial score (nSPS) is 15.3. The molecule has 2 aromatic carbocycles. The maximum Gasteiger partial charge on any atom is -0.00544 e. The van der Waals surface area contributed by atoms with E-state index < -0.39 is 0 Å². The lowest BCUT2D eigenvalue weighted by Gasteiger charge is -2.25. The van der Waals surface area contributed by atoms with Gasteiger partial charge in [0, 0.05) is 0 Å². The van der Waals surface area contributed by atoms with E-state index in [4.69, 9.17) is 0 Å². The van der Waals surface area contributed by atoms with E-state index in [1.165, 1.54) is 39.0 Å². The van der Waals surface area contributed by atoms with Crippen molar-refractivity contribution in [1.29, 1.82) is 0 Å². The monoisotopic (exact) mass is 332 g/mol. The van der Waals surface area contributed by atoms with Crippen LogP contribution in [0.5, 0.6) is 0 Å². The number of allylic oxidation sites excluding steroid dienone is 1. The highest BCUT2D eigenvalue weighted by Gasteiger charge is 2.21. The fraction of sp³-hybridized carbons (Fsp3) is 0.440. The first-order valence-corrected chi connectivity index (χ1v) is 9.61. The molecule has 0 N–H and O–H groups in total. The Morgan fingerprint density at radius 3 is 2.32 bits per heavy atom. The summed E-state index contributed by atoms with van der Waals surface area (Å²) in [5, 5.41) is 0. The molecule has 0 saturated carbocycles. The second-order valence-corrected chi connectivity index (χ2v) is 9.17. The first-order valence-electron chi connectivity index (χ1n) is 9.61. The molecule has 0 heteroatoms. The summed E-state index contributed by atoms with van der Waals surface area (Å²) in [6.45, 7) is 16.2. The molecule has 0 saturated heterocycles. The van der Waals surface area contributed by atoms with Crippen LogP contribution in [0, 0.1) is 5.92 Å². The zero-order valence-corrected chi connectivity index (χ0v) is 16.9. The molecular formula is C25H32. The summed E-state index contributed by atoms with van der Waals surface area (Å²) in [7, 11) is 0. The van der Waals surface area contributed by atoms with Crippen LogP contribution in [-0.2, 0) is 11.8 Å². The molecule has 2 aromatic rings. The van der Waals surface area contributed by atoms with Crippen LogP contribution in [0.2, 0.25) is 0 Å². The van der Waals surface area contributed by atoms with E-state index >= 15 is 0 Å². The van der Waals surface area contributed by atoms with Gasteiger partial charge in [-0.25, -0.2) is 0 Å². The van der Waals surface area contributed by atoms with Crippen LogP contribution in [0.4, 0.5) is 0 Å². The van der Waals surface area contributed by atoms with Gasteiger partial charge in [0.1, 0.15) is 0 Å². The fourth-order valence-corrected chi connectivity index (χ4v) is 3.69. The molecule has 1 aliphatic rings. The Morgan fingerprint density at radius 2 is 1.68 bits per heavy atom. The van der Waals surface area contributed by atoms with Crippen LogP contribution in [-0.4, -0.2) is 0 Å². The van der Waals surface area contributed by atoms with Crippen molar-refractivity contribution >= 4 is 6.08 Å². The molecule has 0 heterocycles. The summed E-state index contributed by atoms with van der Waals surface area (Å²) < 4.78 is 0. The van der Waals surface area contributed by atoms with Crippen LogP contribution in [0.3, 0.4) is 0 Å². The van der Waals surface area contributed by atoms with E-state index in [9.17, 15) is 0 Å². The fourth-order valence-electron chi connectivity index (χ4n) is 3.69. The predicted molar refractivity (Wildman–Crippen MR) is 111 cm³/mol. The second-order valence-electron chi connectivity index (χ2n) is 9.17. The van der Waals surface area contributed by atoms with Crippen molar-refractivity contribution in [2.75, 3.05) is 0 Å². The minimum absolute atomic E-state index is 0.160. The smallest absolute Gasteiger partial charge is 0.00544 e. The summed E-state index contributed by atoms with van der Waals surface area (Å²) in [4.78, 5) is 0. The Kier molecular flexibility index (Phi) is 4.66. The molecule has 0 aromatic heterocycles. The van der Waals surface area contributed by atoms with Gasteiger partial charge in [0.2, 0.25) is 0 Å². The zero-order valence-electron chi connectivity index (χ0n) is 16.9. The molecule has 1 aliphatic carbocycles. The Hall–Kier alpha value is -1.82. The van der Waals surface area contributed by atoms with Crippen LogP contribution in [0.1, 0.15) is 76.6 Å². The molecular weight excluding hydrogens is 300 g/mol. The molecule has 0 spiro atoms. The van der Waals surface area contributed by atoms with Crippen LogP contribution in [0.15, 0.2) is 42.0 Å². The average Bonchev–Trinajstić information content (AvgIpc) is 2.92. The van der Waals surface area contributed by atoms with Gasteiger partial charge in [0.05, 0.1) is 0 Å². The van der Waals surface area contributed by atoms with Crippen molar-refractivity contribution in [2.45, 2.75) is 66.2 Å². The van der Waals surface area contributed by atoms with Gasteiger partial charge < -0.3 is 0 Å². The van der Waals surface area contributed by atoms with Gasteiger partial charge >= 0.3 is 0 Å². The lowest BCUT2D eigenvalue weighted by molar-refractivity contribution is 0.531. The number of rotatable bonds is 3. The average molecular weight is 333 g/mol. The topological polar surface area (TPSA) is 0 Å². The van der Waals surface area contributed by atoms with Crippen LogP contribution < -0.4 is 0 Å². The quantitative estimate of drug-likeness (QED) is 0.550. The lowest BCUT2D eigenvalue weighted by Crippen LogP contribution is -2.13. The van der Waals surface area contributed by atoms with E-state index in [0.717, 1.165) is 6.42 Å². The summed E-state index contributed by atoms with van der Waals surface area (Å²) >= 11 is 0. The second kappa shape index (κ2) is 6.48. The maximum absolute atomic E-state index is 2.43. The Labute approximate surface area is 154 Å². The van der Waals surface area contributed by atoms with Crippen molar-refractivity contribution < 1.29 is 0 Å². The van der Waals surface area contributed by atoms with Crippen molar-refractivity contribution in [3.63, 3.8) is 0 Å². The molecule has 1 unspecified atom stereocenters. The number of fused-ring (bicyclic) bond motifs is 1. The van der Waals surface area contributed by atoms with Crippen LogP contribution >= 0.6 is 0 Å². The molecule has 25 heavy (non-hydrogen) atoms. The number of hydrogen-bond donors (Lipinski definition) is 0. The Bertz CT molecular complexity index is 812. The highest BCUT2D eigenvalue weighted by Crippen LogP contribution is 2.38. The minimum Gasteiger partial charge on any atom is -0.0683 e. The van der Waals surface area contributed by atoms with E-state index in [2.05, 4.69) is 90.9 Å². The third-order valence-corrected chi connectivity index (χ3v) is 5.73. The van der Waals surface area contributed by atoms with E-state index in [0.29, 0.717) is 11.8 Å². The molecule has 1 atom stereocenters. The van der Waals surface area contributed by atoms with Gasteiger partial charge in [-0.1, -0.05) is 89.6 Å². The molecule has 132 valence electrons. The van der Waals surface area contributed by atoms with E-state index in [-0.39, 0.29) is 5.41 Å². The first-order chi connectivity index (χ1) is 11.7. The van der Waals surface area contributed by atoms with Gasteiger partial charge in [-0.3, -0.25) is 0 Å². The van der Waals surface area contributed by atoms with Crippen molar-refractivity contribution in [2.24, 2.45) is 5.92 Å². The molecule has 0 aliphatic heterocycles. The number of benzene rings is 2. The Balaban J connectivity index is 2.18. The first kappa shape index (κ1) is 18.0. The van der Waals surface area contributed by atoms with E-state index in [1.54, 1.807) is 0 Å². The SMILES string of the molecule is CC1=Cc2cccc(-c3cc(C(C)C(C)C)cc(C(C)(C)C)c3)c2C1. The molecule has 0 radical (unpaired) electrons. The summed E-state index contributed by atoms with van der Waals surface area (Å²) in [5.41, 5.74) is 10.2. The molecule has 0 bridgehead atoms. The van der Waals surface area contributed by atoms with E-state index in [1.807, 2.05) is 0 Å². The molecule has 0 nitrogen and oxygen atoms in total. The minimum atomic E-state index is 0.160. The number of hydrogen-bond acceptors (Lipinski definition) is 0. The summed E-state index contributed by atoms with van der Waals surface area (Å²) in [6.07, 6.45) is 3.42. The van der Waals surface area contributed by atoms with Crippen molar-refractivity contribution in [3.8, 4) is 11.1 Å². The van der Waals surface area contributed by atoms with Gasteiger partial charge in [-0.05, 0) is 64.0 Å². The molecule has 3 rings (SSSR count). The zero-order chi connectivity index (χ0) is 18.4. The van der Waals surface area contributed by atoms with Crippen LogP contribution in [0.25, 0.3) is 17.2 Å². The van der Waals surface area contributed by atoms with Gasteiger partial charge in [-0.2, -0.15) is 0 Å². The largest absolute Gasteiger partial charge is 0.0683 e. The van der Waals surface area contributed by atoms with Crippen molar-refractivity contribution in [3.05, 3.63) is 64.2 Å². The third-order valence-electron chi connectivity index (χ3n) is 5.73. The summed E-state index contributed by atoms with van der Waals surface area (Å²) in [5.74, 6) is 1.21. The predicted octanol–water partition coefficient (Wildman–Crippen LogP) is 7.37. The maximum atomic E-state index is 2.43. The Morgan fingerprint density at radius 1 is 0.960 bits per heavy atom. The lowest BCUT2D eigenvalue weighted by atomic mass is 9.80. The van der Waals surface area contributed by atoms with Gasteiger partial charge in [-0.15, -0.1) is 0 Å². The highest BCUT2D eigenvalue weighted by molar-refractivity contribution is 5.77. The molecule has 0 fully saturated rings. The highest BCUT2D eigenvalue weighted by atomic mass is 14.3. The van der Waals surface area contributed by atoms with Crippen molar-refractivity contribution in [1.82, 2.24) is 0 Å². The van der Waals surface area contributed by atoms with Gasteiger partial charge in [0.25, 0.3) is 0 Å². The third kappa shape index (κ3) is 3.59. The standard InChI is InChI=1S/C25H32/c1-16(2)18(4)20-13-21(15-22(14-20)25(5,6)7)23-10-8-9-19-11-17(3)12-24(19)23/h8-11,13-16,18H,12H2,1-7H3. The van der Waals surface area contributed by atoms with Gasteiger partial charge in [0.15, 0.2) is 0 Å².